The average Bonchev–Trinajstić information content (AvgIpc) is 2.77. The minimum Gasteiger partial charge on any atom is -0.491 e. The van der Waals surface area contributed by atoms with E-state index in [1.165, 1.54) is 0 Å². The number of nitrogen functional groups attached to an aromatic ring is 1. The summed E-state index contributed by atoms with van der Waals surface area (Å²) in [7, 11) is -3.06. The Balaban J connectivity index is 2.09. The summed E-state index contributed by atoms with van der Waals surface area (Å²) in [5.74, 6) is 0.176. The molecule has 1 aliphatic heterocycles. The number of benzene rings is 1. The van der Waals surface area contributed by atoms with Crippen LogP contribution < -0.4 is 15.8 Å². The zero-order chi connectivity index (χ0) is 15.5. The molecule has 1 atom stereocenters. The largest absolute Gasteiger partial charge is 0.491 e. The van der Waals surface area contributed by atoms with Crippen LogP contribution in [0.2, 0.25) is 0 Å². The Bertz CT molecular complexity index is 628. The van der Waals surface area contributed by atoms with Crippen LogP contribution in [0.15, 0.2) is 18.2 Å². The Morgan fingerprint density at radius 3 is 2.86 bits per heavy atom. The van der Waals surface area contributed by atoms with Crippen LogP contribution >= 0.6 is 0 Å². The van der Waals surface area contributed by atoms with Gasteiger partial charge in [0.05, 0.1) is 28.9 Å². The molecule has 2 rings (SSSR count). The van der Waals surface area contributed by atoms with Gasteiger partial charge in [0, 0.05) is 6.54 Å². The predicted octanol–water partition coefficient (Wildman–Crippen LogP) is 0.975. The van der Waals surface area contributed by atoms with Gasteiger partial charge in [-0.2, -0.15) is 0 Å². The Morgan fingerprint density at radius 2 is 2.24 bits per heavy atom. The van der Waals surface area contributed by atoms with E-state index in [1.54, 1.807) is 25.1 Å². The Morgan fingerprint density at radius 1 is 1.48 bits per heavy atom. The van der Waals surface area contributed by atoms with Crippen LogP contribution in [0.3, 0.4) is 0 Å². The molecule has 1 saturated heterocycles. The van der Waals surface area contributed by atoms with Crippen LogP contribution in [-0.2, 0) is 9.84 Å². The van der Waals surface area contributed by atoms with Gasteiger partial charge in [0.25, 0.3) is 5.91 Å². The van der Waals surface area contributed by atoms with Crippen molar-refractivity contribution in [1.82, 2.24) is 5.32 Å². The zero-order valence-corrected chi connectivity index (χ0v) is 12.8. The molecule has 0 spiro atoms. The average molecular weight is 312 g/mol. The summed E-state index contributed by atoms with van der Waals surface area (Å²) >= 11 is 0. The fourth-order valence-corrected chi connectivity index (χ4v) is 4.19. The van der Waals surface area contributed by atoms with Crippen LogP contribution in [-0.4, -0.2) is 38.5 Å². The van der Waals surface area contributed by atoms with Gasteiger partial charge in [-0.15, -0.1) is 0 Å². The van der Waals surface area contributed by atoms with Crippen LogP contribution in [0.4, 0.5) is 5.69 Å². The van der Waals surface area contributed by atoms with Gasteiger partial charge in [-0.3, -0.25) is 4.79 Å². The molecule has 21 heavy (non-hydrogen) atoms. The van der Waals surface area contributed by atoms with Crippen molar-refractivity contribution in [1.29, 1.82) is 0 Å². The van der Waals surface area contributed by atoms with Crippen molar-refractivity contribution in [3.63, 3.8) is 0 Å². The number of hydrogen-bond donors (Lipinski definition) is 2. The standard InChI is InChI=1S/C14H20N2O4S/c1-2-20-13-11(6-3-7-12(13)15)14(17)16-9-10-5-4-8-21(10,18)19/h3,6-7,10H,2,4-5,8-9,15H2,1H3,(H,16,17). The summed E-state index contributed by atoms with van der Waals surface area (Å²) in [5, 5.41) is 2.18. The van der Waals surface area contributed by atoms with Crippen molar-refractivity contribution < 1.29 is 17.9 Å². The molecular formula is C14H20N2O4S. The first-order valence-electron chi connectivity index (χ1n) is 6.96. The number of ether oxygens (including phenoxy) is 1. The Kier molecular flexibility index (Phi) is 4.72. The maximum atomic E-state index is 12.2. The van der Waals surface area contributed by atoms with Crippen molar-refractivity contribution in [2.24, 2.45) is 0 Å². The first-order chi connectivity index (χ1) is 9.95. The molecule has 0 saturated carbocycles. The molecule has 1 heterocycles. The molecule has 1 fully saturated rings. The number of hydrogen-bond acceptors (Lipinski definition) is 5. The quantitative estimate of drug-likeness (QED) is 0.790. The van der Waals surface area contributed by atoms with Gasteiger partial charge in [0.2, 0.25) is 0 Å². The summed E-state index contributed by atoms with van der Waals surface area (Å²) in [6.07, 6.45) is 1.25. The van der Waals surface area contributed by atoms with Crippen molar-refractivity contribution in [3.8, 4) is 5.75 Å². The lowest BCUT2D eigenvalue weighted by Crippen LogP contribution is -2.34. The first kappa shape index (κ1) is 15.6. The third kappa shape index (κ3) is 3.47. The number of nitrogens with one attached hydrogen (secondary N) is 1. The van der Waals surface area contributed by atoms with Crippen LogP contribution in [0, 0.1) is 0 Å². The van der Waals surface area contributed by atoms with E-state index in [0.29, 0.717) is 36.4 Å². The van der Waals surface area contributed by atoms with Gasteiger partial charge in [-0.25, -0.2) is 8.42 Å². The number of rotatable bonds is 5. The Hall–Kier alpha value is -1.76. The van der Waals surface area contributed by atoms with Gasteiger partial charge >= 0.3 is 0 Å². The van der Waals surface area contributed by atoms with Gasteiger partial charge < -0.3 is 15.8 Å². The molecule has 116 valence electrons. The van der Waals surface area contributed by atoms with Gasteiger partial charge in [0.15, 0.2) is 15.6 Å². The monoisotopic (exact) mass is 312 g/mol. The second-order valence-corrected chi connectivity index (χ2v) is 7.40. The van der Waals surface area contributed by atoms with Crippen molar-refractivity contribution >= 4 is 21.4 Å². The Labute approximate surface area is 124 Å². The molecule has 3 N–H and O–H groups in total. The number of nitrogens with two attached hydrogens (primary N) is 1. The molecule has 1 aliphatic rings. The number of amides is 1. The topological polar surface area (TPSA) is 98.5 Å². The minimum absolute atomic E-state index is 0.127. The third-order valence-corrected chi connectivity index (χ3v) is 5.81. The van der Waals surface area contributed by atoms with Gasteiger partial charge in [-0.05, 0) is 31.9 Å². The molecule has 1 aromatic carbocycles. The first-order valence-corrected chi connectivity index (χ1v) is 8.68. The predicted molar refractivity (Wildman–Crippen MR) is 81.2 cm³/mol. The van der Waals surface area contributed by atoms with E-state index in [2.05, 4.69) is 5.32 Å². The maximum Gasteiger partial charge on any atom is 0.255 e. The molecule has 1 unspecified atom stereocenters. The molecule has 0 bridgehead atoms. The fraction of sp³-hybridized carbons (Fsp3) is 0.500. The number of para-hydroxylation sites is 1. The van der Waals surface area contributed by atoms with E-state index >= 15 is 0 Å². The van der Waals surface area contributed by atoms with E-state index < -0.39 is 15.1 Å². The molecular weight excluding hydrogens is 292 g/mol. The molecule has 6 nitrogen and oxygen atoms in total. The number of sulfone groups is 1. The molecule has 0 aliphatic carbocycles. The second-order valence-electron chi connectivity index (χ2n) is 5.00. The summed E-state index contributed by atoms with van der Waals surface area (Å²) in [6, 6.07) is 4.93. The number of anilines is 1. The SMILES string of the molecule is CCOc1c(N)cccc1C(=O)NCC1CCCS1(=O)=O. The summed E-state index contributed by atoms with van der Waals surface area (Å²) < 4.78 is 28.9. The van der Waals surface area contributed by atoms with E-state index in [1.807, 2.05) is 0 Å². The number of carbonyl (C=O) groups excluding carboxylic acids is 1. The van der Waals surface area contributed by atoms with Crippen molar-refractivity contribution in [2.45, 2.75) is 25.0 Å². The van der Waals surface area contributed by atoms with Crippen molar-refractivity contribution in [2.75, 3.05) is 24.6 Å². The lowest BCUT2D eigenvalue weighted by molar-refractivity contribution is 0.0950. The van der Waals surface area contributed by atoms with Gasteiger partial charge in [-0.1, -0.05) is 6.07 Å². The minimum atomic E-state index is -3.06. The number of carbonyl (C=O) groups is 1. The lowest BCUT2D eigenvalue weighted by Gasteiger charge is -2.14. The highest BCUT2D eigenvalue weighted by Crippen LogP contribution is 2.26. The lowest BCUT2D eigenvalue weighted by atomic mass is 10.1. The van der Waals surface area contributed by atoms with E-state index in [-0.39, 0.29) is 18.2 Å². The molecule has 0 aromatic heterocycles. The highest BCUT2D eigenvalue weighted by Gasteiger charge is 2.31. The molecule has 0 radical (unpaired) electrons. The van der Waals surface area contributed by atoms with Gasteiger partial charge in [0.1, 0.15) is 0 Å². The summed E-state index contributed by atoms with van der Waals surface area (Å²) in [4.78, 5) is 12.2. The molecule has 1 aromatic rings. The maximum absolute atomic E-state index is 12.2. The van der Waals surface area contributed by atoms with E-state index in [4.69, 9.17) is 10.5 Å². The zero-order valence-electron chi connectivity index (χ0n) is 12.0. The normalized spacial score (nSPS) is 20.1. The van der Waals surface area contributed by atoms with Crippen molar-refractivity contribution in [3.05, 3.63) is 23.8 Å². The third-order valence-electron chi connectivity index (χ3n) is 3.53. The smallest absolute Gasteiger partial charge is 0.255 e. The second kappa shape index (κ2) is 6.34. The van der Waals surface area contributed by atoms with Crippen LogP contribution in [0.25, 0.3) is 0 Å². The summed E-state index contributed by atoms with van der Waals surface area (Å²) in [5.41, 5.74) is 6.52. The summed E-state index contributed by atoms with van der Waals surface area (Å²) in [6.45, 7) is 2.33. The van der Waals surface area contributed by atoms with E-state index in [0.717, 1.165) is 0 Å². The van der Waals surface area contributed by atoms with Crippen LogP contribution in [0.1, 0.15) is 30.1 Å². The van der Waals surface area contributed by atoms with E-state index in [9.17, 15) is 13.2 Å². The highest BCUT2D eigenvalue weighted by atomic mass is 32.2. The molecule has 7 heteroatoms. The van der Waals surface area contributed by atoms with Crippen LogP contribution in [0.5, 0.6) is 5.75 Å². The highest BCUT2D eigenvalue weighted by molar-refractivity contribution is 7.92. The molecule has 1 amide bonds. The fourth-order valence-electron chi connectivity index (χ4n) is 2.43.